The van der Waals surface area contributed by atoms with E-state index < -0.39 is 28.9 Å². The topological polar surface area (TPSA) is 152 Å². The van der Waals surface area contributed by atoms with Crippen LogP contribution >= 0.6 is 0 Å². The van der Waals surface area contributed by atoms with Gasteiger partial charge in [-0.15, -0.1) is 0 Å². The van der Waals surface area contributed by atoms with Crippen LogP contribution in [0.1, 0.15) is 0 Å². The standard InChI is InChI=1S/C12H10N4O4.Na/c13-6-8(11(17)18)9(14)10(12(19)20)16-15-7-4-2-1-3-5-7;/h1-5,15H,14H2,(H,17,18)(H,19,20);/q;+1/p-1/b9-8-,16-10-;. The molecule has 0 fully saturated rings. The third-order valence-corrected chi connectivity index (χ3v) is 2.11. The van der Waals surface area contributed by atoms with Gasteiger partial charge in [-0.3, -0.25) is 5.43 Å². The Morgan fingerprint density at radius 2 is 1.90 bits per heavy atom. The van der Waals surface area contributed by atoms with Gasteiger partial charge in [-0.05, 0) is 12.1 Å². The summed E-state index contributed by atoms with van der Waals surface area (Å²) in [7, 11) is 0. The maximum atomic E-state index is 11.0. The maximum absolute atomic E-state index is 11.0. The van der Waals surface area contributed by atoms with E-state index >= 15 is 0 Å². The molecule has 0 unspecified atom stereocenters. The molecule has 1 rings (SSSR count). The molecule has 0 aromatic heterocycles. The summed E-state index contributed by atoms with van der Waals surface area (Å²) >= 11 is 0. The van der Waals surface area contributed by atoms with Gasteiger partial charge in [0.05, 0.1) is 17.4 Å². The second-order valence-corrected chi connectivity index (χ2v) is 3.43. The molecule has 0 radical (unpaired) electrons. The van der Waals surface area contributed by atoms with Gasteiger partial charge in [0.1, 0.15) is 11.6 Å². The first-order chi connectivity index (χ1) is 9.47. The summed E-state index contributed by atoms with van der Waals surface area (Å²) in [6.07, 6.45) is 0. The Morgan fingerprint density at radius 3 is 2.33 bits per heavy atom. The number of carbonyl (C=O) groups excluding carboxylic acids is 1. The number of nitrogens with zero attached hydrogens (tertiary/aromatic N) is 2. The SMILES string of the molecule is N#C/C(C(=O)[O-])=C(N)\C(=N\Nc1ccccc1)C(=O)O.[Na+]. The van der Waals surface area contributed by atoms with E-state index in [2.05, 4.69) is 10.5 Å². The van der Waals surface area contributed by atoms with Gasteiger partial charge in [0.2, 0.25) is 0 Å². The van der Waals surface area contributed by atoms with Gasteiger partial charge in [0.15, 0.2) is 5.71 Å². The van der Waals surface area contributed by atoms with Crippen LogP contribution in [-0.2, 0) is 9.59 Å². The first-order valence-corrected chi connectivity index (χ1v) is 5.21. The quantitative estimate of drug-likeness (QED) is 0.165. The van der Waals surface area contributed by atoms with E-state index in [0.29, 0.717) is 5.69 Å². The van der Waals surface area contributed by atoms with Gasteiger partial charge in [0.25, 0.3) is 0 Å². The van der Waals surface area contributed by atoms with Crippen molar-refractivity contribution in [3.63, 3.8) is 0 Å². The molecule has 0 aliphatic carbocycles. The zero-order chi connectivity index (χ0) is 15.1. The summed E-state index contributed by atoms with van der Waals surface area (Å²) in [5.74, 6) is -3.46. The number of hydrazone groups is 1. The molecule has 0 saturated carbocycles. The molecule has 1 aromatic carbocycles. The van der Waals surface area contributed by atoms with Crippen molar-refractivity contribution in [3.8, 4) is 6.07 Å². The summed E-state index contributed by atoms with van der Waals surface area (Å²) in [6, 6.07) is 9.56. The third-order valence-electron chi connectivity index (χ3n) is 2.11. The van der Waals surface area contributed by atoms with Crippen LogP contribution in [0.3, 0.4) is 0 Å². The fraction of sp³-hybridized carbons (Fsp3) is 0. The van der Waals surface area contributed by atoms with Gasteiger partial charge in [0, 0.05) is 0 Å². The number of carbonyl (C=O) groups is 2. The average molecular weight is 296 g/mol. The van der Waals surface area contributed by atoms with E-state index in [0.717, 1.165) is 0 Å². The number of carboxylic acids is 2. The maximum Gasteiger partial charge on any atom is 1.00 e. The number of hydrogen-bond donors (Lipinski definition) is 3. The Labute approximate surface area is 141 Å². The molecule has 0 spiro atoms. The number of rotatable bonds is 5. The molecule has 0 amide bonds. The van der Waals surface area contributed by atoms with E-state index in [4.69, 9.17) is 16.1 Å². The summed E-state index contributed by atoms with van der Waals surface area (Å²) in [4.78, 5) is 21.6. The molecular formula is C12H9N4NaO4. The molecule has 102 valence electrons. The summed E-state index contributed by atoms with van der Waals surface area (Å²) in [5.41, 5.74) is 5.60. The second-order valence-electron chi connectivity index (χ2n) is 3.43. The van der Waals surface area contributed by atoms with Crippen molar-refractivity contribution in [1.82, 2.24) is 0 Å². The predicted molar refractivity (Wildman–Crippen MR) is 67.0 cm³/mol. The fourth-order valence-electron chi connectivity index (χ4n) is 1.19. The van der Waals surface area contributed by atoms with Gasteiger partial charge in [-0.1, -0.05) is 18.2 Å². The van der Waals surface area contributed by atoms with Crippen LogP contribution in [0.25, 0.3) is 0 Å². The molecule has 1 aromatic rings. The number of aliphatic carboxylic acids is 2. The molecule has 0 atom stereocenters. The minimum Gasteiger partial charge on any atom is -0.544 e. The first-order valence-electron chi connectivity index (χ1n) is 5.21. The number of anilines is 1. The number of para-hydroxylation sites is 1. The van der Waals surface area contributed by atoms with Crippen LogP contribution in [-0.4, -0.2) is 22.8 Å². The Bertz CT molecular complexity index is 634. The number of carboxylic acid groups (broad SMARTS) is 2. The van der Waals surface area contributed by atoms with Crippen LogP contribution in [0, 0.1) is 11.3 Å². The molecule has 0 aliphatic heterocycles. The van der Waals surface area contributed by atoms with Crippen LogP contribution in [0.2, 0.25) is 0 Å². The van der Waals surface area contributed by atoms with Crippen molar-refractivity contribution >= 4 is 23.3 Å². The molecule has 0 bridgehead atoms. The molecule has 0 aliphatic rings. The molecule has 0 heterocycles. The minimum atomic E-state index is -1.88. The Morgan fingerprint density at radius 1 is 1.33 bits per heavy atom. The monoisotopic (exact) mass is 296 g/mol. The number of hydrogen-bond acceptors (Lipinski definition) is 7. The summed E-state index contributed by atoms with van der Waals surface area (Å²) in [6.45, 7) is 0. The van der Waals surface area contributed by atoms with Gasteiger partial charge < -0.3 is 20.7 Å². The molecule has 21 heavy (non-hydrogen) atoms. The van der Waals surface area contributed by atoms with Crippen LogP contribution in [0.15, 0.2) is 46.7 Å². The van der Waals surface area contributed by atoms with Gasteiger partial charge >= 0.3 is 35.5 Å². The Kier molecular flexibility index (Phi) is 7.78. The largest absolute Gasteiger partial charge is 1.00 e. The average Bonchev–Trinajstić information content (AvgIpc) is 2.40. The summed E-state index contributed by atoms with van der Waals surface area (Å²) in [5, 5.41) is 31.7. The number of benzene rings is 1. The molecule has 4 N–H and O–H groups in total. The zero-order valence-corrected chi connectivity index (χ0v) is 13.0. The normalized spacial score (nSPS) is 11.5. The number of nitrogens with one attached hydrogen (secondary N) is 1. The van der Waals surface area contributed by atoms with Gasteiger partial charge in [-0.25, -0.2) is 4.79 Å². The van der Waals surface area contributed by atoms with Crippen molar-refractivity contribution < 1.29 is 49.4 Å². The minimum absolute atomic E-state index is 0. The van der Waals surface area contributed by atoms with Crippen molar-refractivity contribution in [3.05, 3.63) is 41.6 Å². The van der Waals surface area contributed by atoms with Crippen molar-refractivity contribution in [2.24, 2.45) is 10.8 Å². The molecular weight excluding hydrogens is 287 g/mol. The zero-order valence-electron chi connectivity index (χ0n) is 11.0. The number of nitriles is 1. The first kappa shape index (κ1) is 18.7. The van der Waals surface area contributed by atoms with Crippen molar-refractivity contribution in [1.29, 1.82) is 5.26 Å². The smallest absolute Gasteiger partial charge is 0.544 e. The molecule has 9 heteroatoms. The van der Waals surface area contributed by atoms with Crippen LogP contribution in [0.4, 0.5) is 5.69 Å². The van der Waals surface area contributed by atoms with E-state index in [-0.39, 0.29) is 29.6 Å². The number of nitrogens with two attached hydrogens (primary N) is 1. The van der Waals surface area contributed by atoms with E-state index in [9.17, 15) is 14.7 Å². The Balaban J connectivity index is 0.00000400. The van der Waals surface area contributed by atoms with Crippen LogP contribution in [0.5, 0.6) is 0 Å². The predicted octanol–water partition coefficient (Wildman–Crippen LogP) is -3.97. The third kappa shape index (κ3) is 5.27. The van der Waals surface area contributed by atoms with E-state index in [1.54, 1.807) is 30.3 Å². The van der Waals surface area contributed by atoms with Crippen LogP contribution < -0.4 is 45.8 Å². The van der Waals surface area contributed by atoms with Crippen molar-refractivity contribution in [2.75, 3.05) is 5.43 Å². The Hall–Kier alpha value is -2.34. The molecule has 0 saturated heterocycles. The van der Waals surface area contributed by atoms with E-state index in [1.165, 1.54) is 6.07 Å². The summed E-state index contributed by atoms with van der Waals surface area (Å²) < 4.78 is 0. The second kappa shape index (κ2) is 8.76. The van der Waals surface area contributed by atoms with E-state index in [1.807, 2.05) is 0 Å². The molecule has 8 nitrogen and oxygen atoms in total. The van der Waals surface area contributed by atoms with Crippen molar-refractivity contribution in [2.45, 2.75) is 0 Å². The van der Waals surface area contributed by atoms with Gasteiger partial charge in [-0.2, -0.15) is 10.4 Å². The fourth-order valence-corrected chi connectivity index (χ4v) is 1.19.